The molecule has 0 fully saturated rings. The first-order valence-electron chi connectivity index (χ1n) is 6.80. The Bertz CT molecular complexity index is 537. The van der Waals surface area contributed by atoms with E-state index in [0.717, 1.165) is 18.4 Å². The van der Waals surface area contributed by atoms with Gasteiger partial charge in [-0.3, -0.25) is 0 Å². The molecule has 0 aliphatic heterocycles. The van der Waals surface area contributed by atoms with Crippen molar-refractivity contribution in [2.75, 3.05) is 0 Å². The van der Waals surface area contributed by atoms with Gasteiger partial charge >= 0.3 is 0 Å². The normalized spacial score (nSPS) is 16.3. The zero-order chi connectivity index (χ0) is 13.2. The van der Waals surface area contributed by atoms with Crippen molar-refractivity contribution in [3.8, 4) is 0 Å². The molecule has 1 atom stereocenters. The Morgan fingerprint density at radius 2 is 1.58 bits per heavy atom. The lowest BCUT2D eigenvalue weighted by Gasteiger charge is -2.19. The molecule has 0 saturated heterocycles. The maximum atomic E-state index is 12.9. The highest BCUT2D eigenvalue weighted by Gasteiger charge is 2.22. The number of halogens is 1. The number of fused-ring (bicyclic) bond motifs is 1. The van der Waals surface area contributed by atoms with Gasteiger partial charge < -0.3 is 5.32 Å². The number of hydrogen-bond acceptors (Lipinski definition) is 1. The molecule has 0 saturated carbocycles. The van der Waals surface area contributed by atoms with Crippen molar-refractivity contribution in [1.29, 1.82) is 0 Å². The third kappa shape index (κ3) is 2.69. The van der Waals surface area contributed by atoms with Crippen molar-refractivity contribution in [3.63, 3.8) is 0 Å². The highest BCUT2D eigenvalue weighted by molar-refractivity contribution is 5.33. The maximum absolute atomic E-state index is 12.9. The first kappa shape index (κ1) is 12.4. The summed E-state index contributed by atoms with van der Waals surface area (Å²) in [5.74, 6) is -0.177. The van der Waals surface area contributed by atoms with E-state index in [1.54, 1.807) is 0 Å². The average Bonchev–Trinajstić information content (AvgIpc) is 2.81. The summed E-state index contributed by atoms with van der Waals surface area (Å²) in [5, 5.41) is 3.64. The molecule has 1 nitrogen and oxygen atoms in total. The van der Waals surface area contributed by atoms with Crippen molar-refractivity contribution >= 4 is 0 Å². The second kappa shape index (κ2) is 5.14. The minimum absolute atomic E-state index is 0.177. The van der Waals surface area contributed by atoms with E-state index in [0.29, 0.717) is 6.04 Å². The molecule has 1 aliphatic carbocycles. The molecule has 3 rings (SSSR count). The minimum atomic E-state index is -0.177. The van der Waals surface area contributed by atoms with E-state index in [4.69, 9.17) is 0 Å². The smallest absolute Gasteiger partial charge is 0.123 e. The van der Waals surface area contributed by atoms with Crippen LogP contribution in [-0.4, -0.2) is 6.04 Å². The van der Waals surface area contributed by atoms with E-state index in [9.17, 15) is 4.39 Å². The first-order valence-corrected chi connectivity index (χ1v) is 6.80. The Labute approximate surface area is 113 Å². The van der Waals surface area contributed by atoms with Gasteiger partial charge in [-0.25, -0.2) is 4.39 Å². The van der Waals surface area contributed by atoms with Gasteiger partial charge in [0.15, 0.2) is 0 Å². The van der Waals surface area contributed by atoms with Crippen molar-refractivity contribution in [2.24, 2.45) is 0 Å². The second-order valence-corrected chi connectivity index (χ2v) is 5.31. The summed E-state index contributed by atoms with van der Waals surface area (Å²) in [6, 6.07) is 16.1. The summed E-state index contributed by atoms with van der Waals surface area (Å²) in [5.41, 5.74) is 4.04. The SMILES string of the molecule is C[C@H](NC1Cc2ccccc2C1)c1ccc(F)cc1. The number of nitrogens with one attached hydrogen (secondary N) is 1. The fourth-order valence-corrected chi connectivity index (χ4v) is 2.88. The Balaban J connectivity index is 1.66. The van der Waals surface area contributed by atoms with Crippen molar-refractivity contribution in [2.45, 2.75) is 31.8 Å². The molecule has 2 heteroatoms. The predicted molar refractivity (Wildman–Crippen MR) is 75.6 cm³/mol. The van der Waals surface area contributed by atoms with Crippen LogP contribution in [0.25, 0.3) is 0 Å². The van der Waals surface area contributed by atoms with Crippen molar-refractivity contribution in [1.82, 2.24) is 5.32 Å². The molecule has 19 heavy (non-hydrogen) atoms. The summed E-state index contributed by atoms with van der Waals surface area (Å²) >= 11 is 0. The number of benzene rings is 2. The largest absolute Gasteiger partial charge is 0.307 e. The van der Waals surface area contributed by atoms with Gasteiger partial charge in [0.25, 0.3) is 0 Å². The fraction of sp³-hybridized carbons (Fsp3) is 0.294. The van der Waals surface area contributed by atoms with Gasteiger partial charge in [0.1, 0.15) is 5.82 Å². The lowest BCUT2D eigenvalue weighted by Crippen LogP contribution is -2.32. The van der Waals surface area contributed by atoms with Crippen LogP contribution in [0.2, 0.25) is 0 Å². The summed E-state index contributed by atoms with van der Waals surface area (Å²) < 4.78 is 12.9. The fourth-order valence-electron chi connectivity index (χ4n) is 2.88. The lowest BCUT2D eigenvalue weighted by molar-refractivity contribution is 0.467. The molecule has 0 bridgehead atoms. The molecule has 0 radical (unpaired) electrons. The van der Waals surface area contributed by atoms with Crippen LogP contribution in [0.5, 0.6) is 0 Å². The molecule has 0 heterocycles. The first-order chi connectivity index (χ1) is 9.22. The molecular formula is C17H18FN. The minimum Gasteiger partial charge on any atom is -0.307 e. The van der Waals surface area contributed by atoms with Gasteiger partial charge in [-0.05, 0) is 48.6 Å². The lowest BCUT2D eigenvalue weighted by atomic mass is 10.1. The highest BCUT2D eigenvalue weighted by atomic mass is 19.1. The van der Waals surface area contributed by atoms with E-state index >= 15 is 0 Å². The molecule has 2 aromatic carbocycles. The van der Waals surface area contributed by atoms with Gasteiger partial charge in [-0.1, -0.05) is 36.4 Å². The van der Waals surface area contributed by atoms with Gasteiger partial charge in [0.2, 0.25) is 0 Å². The van der Waals surface area contributed by atoms with Crippen LogP contribution in [0.3, 0.4) is 0 Å². The van der Waals surface area contributed by atoms with Crippen LogP contribution in [-0.2, 0) is 12.8 Å². The monoisotopic (exact) mass is 255 g/mol. The quantitative estimate of drug-likeness (QED) is 0.883. The van der Waals surface area contributed by atoms with Gasteiger partial charge in [-0.15, -0.1) is 0 Å². The molecule has 2 aromatic rings. The molecule has 98 valence electrons. The standard InChI is InChI=1S/C17H18FN/c1-12(13-6-8-16(18)9-7-13)19-17-10-14-4-2-3-5-15(14)11-17/h2-9,12,17,19H,10-11H2,1H3/t12-/m0/s1. The highest BCUT2D eigenvalue weighted by Crippen LogP contribution is 2.24. The van der Waals surface area contributed by atoms with Crippen LogP contribution in [0.4, 0.5) is 4.39 Å². The molecule has 0 amide bonds. The maximum Gasteiger partial charge on any atom is 0.123 e. The zero-order valence-corrected chi connectivity index (χ0v) is 11.1. The molecular weight excluding hydrogens is 237 g/mol. The van der Waals surface area contributed by atoms with E-state index in [-0.39, 0.29) is 11.9 Å². The summed E-state index contributed by atoms with van der Waals surface area (Å²) in [6.07, 6.45) is 2.17. The zero-order valence-electron chi connectivity index (χ0n) is 11.1. The van der Waals surface area contributed by atoms with Crippen molar-refractivity contribution < 1.29 is 4.39 Å². The third-order valence-electron chi connectivity index (χ3n) is 3.91. The van der Waals surface area contributed by atoms with Crippen LogP contribution in [0, 0.1) is 5.82 Å². The van der Waals surface area contributed by atoms with Crippen LogP contribution >= 0.6 is 0 Å². The molecule has 0 spiro atoms. The Hall–Kier alpha value is -1.67. The second-order valence-electron chi connectivity index (χ2n) is 5.31. The predicted octanol–water partition coefficient (Wildman–Crippen LogP) is 3.64. The third-order valence-corrected chi connectivity index (χ3v) is 3.91. The van der Waals surface area contributed by atoms with Gasteiger partial charge in [0.05, 0.1) is 0 Å². The van der Waals surface area contributed by atoms with Crippen LogP contribution < -0.4 is 5.32 Å². The van der Waals surface area contributed by atoms with E-state index in [2.05, 4.69) is 36.5 Å². The average molecular weight is 255 g/mol. The molecule has 0 unspecified atom stereocenters. The molecule has 1 aliphatic rings. The van der Waals surface area contributed by atoms with E-state index in [1.165, 1.54) is 23.3 Å². The summed E-state index contributed by atoms with van der Waals surface area (Å²) in [4.78, 5) is 0. The van der Waals surface area contributed by atoms with E-state index in [1.807, 2.05) is 12.1 Å². The van der Waals surface area contributed by atoms with Crippen LogP contribution in [0.1, 0.15) is 29.7 Å². The Morgan fingerprint density at radius 3 is 2.16 bits per heavy atom. The summed E-state index contributed by atoms with van der Waals surface area (Å²) in [6.45, 7) is 2.14. The van der Waals surface area contributed by atoms with Crippen LogP contribution in [0.15, 0.2) is 48.5 Å². The van der Waals surface area contributed by atoms with Gasteiger partial charge in [0, 0.05) is 12.1 Å². The Morgan fingerprint density at radius 1 is 1.00 bits per heavy atom. The molecule has 0 aromatic heterocycles. The number of rotatable bonds is 3. The van der Waals surface area contributed by atoms with Gasteiger partial charge in [-0.2, -0.15) is 0 Å². The molecule has 1 N–H and O–H groups in total. The van der Waals surface area contributed by atoms with E-state index < -0.39 is 0 Å². The van der Waals surface area contributed by atoms with Crippen molar-refractivity contribution in [3.05, 3.63) is 71.0 Å². The number of hydrogen-bond donors (Lipinski definition) is 1. The summed E-state index contributed by atoms with van der Waals surface area (Å²) in [7, 11) is 0. The Kier molecular flexibility index (Phi) is 3.34. The topological polar surface area (TPSA) is 12.0 Å².